The van der Waals surface area contributed by atoms with Crippen LogP contribution in [0.5, 0.6) is 0 Å². The van der Waals surface area contributed by atoms with Crippen molar-refractivity contribution in [1.29, 1.82) is 0 Å². The van der Waals surface area contributed by atoms with E-state index < -0.39 is 6.04 Å². The molecule has 0 radical (unpaired) electrons. The molecular formula is C9H16ClN3OS. The summed E-state index contributed by atoms with van der Waals surface area (Å²) in [5.41, 5.74) is 5.65. The average Bonchev–Trinajstić information content (AvgIpc) is 2.51. The molecule has 1 aromatic heterocycles. The third kappa shape index (κ3) is 4.59. The lowest BCUT2D eigenvalue weighted by molar-refractivity contribution is -0.117. The van der Waals surface area contributed by atoms with Gasteiger partial charge in [-0.25, -0.2) is 4.98 Å². The van der Waals surface area contributed by atoms with Crippen LogP contribution in [0.3, 0.4) is 0 Å². The van der Waals surface area contributed by atoms with Crippen LogP contribution < -0.4 is 11.1 Å². The first-order valence-electron chi connectivity index (χ1n) is 4.62. The molecule has 1 heterocycles. The fraction of sp³-hybridized carbons (Fsp3) is 0.556. The predicted molar refractivity (Wildman–Crippen MR) is 65.6 cm³/mol. The van der Waals surface area contributed by atoms with Crippen molar-refractivity contribution in [3.63, 3.8) is 0 Å². The number of thiazole rings is 1. The molecule has 0 spiro atoms. The number of hydrogen-bond acceptors (Lipinski definition) is 4. The van der Waals surface area contributed by atoms with Crippen LogP contribution in [-0.2, 0) is 4.79 Å². The highest BCUT2D eigenvalue weighted by Gasteiger charge is 2.13. The summed E-state index contributed by atoms with van der Waals surface area (Å²) in [7, 11) is 0. The van der Waals surface area contributed by atoms with Crippen molar-refractivity contribution in [3.8, 4) is 0 Å². The van der Waals surface area contributed by atoms with Crippen LogP contribution in [0.15, 0.2) is 5.38 Å². The highest BCUT2D eigenvalue weighted by molar-refractivity contribution is 7.09. The molecule has 0 aliphatic rings. The molecule has 1 atom stereocenters. The van der Waals surface area contributed by atoms with Gasteiger partial charge in [-0.3, -0.25) is 4.79 Å². The molecule has 0 saturated heterocycles. The lowest BCUT2D eigenvalue weighted by Crippen LogP contribution is -2.35. The summed E-state index contributed by atoms with van der Waals surface area (Å²) in [5, 5.41) is 5.43. The quantitative estimate of drug-likeness (QED) is 0.857. The smallest absolute Gasteiger partial charge is 0.242 e. The fourth-order valence-electron chi connectivity index (χ4n) is 1.08. The molecule has 0 saturated carbocycles. The van der Waals surface area contributed by atoms with Gasteiger partial charge in [0.2, 0.25) is 5.91 Å². The Morgan fingerprint density at radius 3 is 2.87 bits per heavy atom. The molecule has 1 aromatic rings. The van der Waals surface area contributed by atoms with Crippen molar-refractivity contribution < 1.29 is 4.79 Å². The minimum atomic E-state index is -0.429. The zero-order valence-electron chi connectivity index (χ0n) is 8.82. The van der Waals surface area contributed by atoms with Gasteiger partial charge in [0.15, 0.2) is 0 Å². The zero-order valence-corrected chi connectivity index (χ0v) is 10.5. The molecule has 0 fully saturated rings. The molecule has 1 rings (SSSR count). The molecule has 15 heavy (non-hydrogen) atoms. The largest absolute Gasteiger partial charge is 0.320 e. The van der Waals surface area contributed by atoms with Gasteiger partial charge in [0, 0.05) is 5.38 Å². The maximum atomic E-state index is 11.4. The number of anilines is 1. The Morgan fingerprint density at radius 2 is 2.40 bits per heavy atom. The molecule has 4 nitrogen and oxygen atoms in total. The van der Waals surface area contributed by atoms with E-state index in [9.17, 15) is 4.79 Å². The molecule has 6 heteroatoms. The summed E-state index contributed by atoms with van der Waals surface area (Å²) in [6.45, 7) is 3.90. The first-order valence-corrected chi connectivity index (χ1v) is 5.50. The van der Waals surface area contributed by atoms with Crippen LogP contribution in [0.1, 0.15) is 24.8 Å². The Hall–Kier alpha value is -0.650. The molecular weight excluding hydrogens is 234 g/mol. The van der Waals surface area contributed by atoms with Crippen LogP contribution in [0.4, 0.5) is 5.82 Å². The minimum Gasteiger partial charge on any atom is -0.320 e. The number of rotatable bonds is 4. The Kier molecular flexibility index (Phi) is 6.47. The van der Waals surface area contributed by atoms with Gasteiger partial charge in [0.1, 0.15) is 5.82 Å². The van der Waals surface area contributed by atoms with Crippen LogP contribution in [0, 0.1) is 6.92 Å². The highest BCUT2D eigenvalue weighted by Crippen LogP contribution is 2.12. The molecule has 0 aromatic carbocycles. The number of hydrogen-bond donors (Lipinski definition) is 2. The van der Waals surface area contributed by atoms with Crippen molar-refractivity contribution in [2.75, 3.05) is 5.32 Å². The van der Waals surface area contributed by atoms with Crippen LogP contribution in [0.2, 0.25) is 0 Å². The standard InChI is InChI=1S/C9H15N3OS.ClH/c1-3-4-7(10)9(13)12-8-5-14-6(2)11-8;/h5,7H,3-4,10H2,1-2H3,(H,12,13);1H. The van der Waals surface area contributed by atoms with E-state index in [2.05, 4.69) is 10.3 Å². The number of aromatic nitrogens is 1. The van der Waals surface area contributed by atoms with E-state index >= 15 is 0 Å². The third-order valence-electron chi connectivity index (χ3n) is 1.81. The summed E-state index contributed by atoms with van der Waals surface area (Å²) in [6, 6.07) is -0.429. The molecule has 0 aliphatic heterocycles. The SMILES string of the molecule is CCCC(N)C(=O)Nc1csc(C)n1.Cl. The van der Waals surface area contributed by atoms with E-state index in [0.29, 0.717) is 12.2 Å². The van der Waals surface area contributed by atoms with Gasteiger partial charge < -0.3 is 11.1 Å². The van der Waals surface area contributed by atoms with E-state index in [1.807, 2.05) is 19.2 Å². The molecule has 3 N–H and O–H groups in total. The van der Waals surface area contributed by atoms with E-state index in [0.717, 1.165) is 11.4 Å². The summed E-state index contributed by atoms with van der Waals surface area (Å²) in [5.74, 6) is 0.446. The van der Waals surface area contributed by atoms with Crippen molar-refractivity contribution in [3.05, 3.63) is 10.4 Å². The number of carbonyl (C=O) groups excluding carboxylic acids is 1. The van der Waals surface area contributed by atoms with Crippen LogP contribution in [0.25, 0.3) is 0 Å². The van der Waals surface area contributed by atoms with Gasteiger partial charge in [-0.2, -0.15) is 0 Å². The minimum absolute atomic E-state index is 0. The number of nitrogens with zero attached hydrogens (tertiary/aromatic N) is 1. The van der Waals surface area contributed by atoms with Crippen molar-refractivity contribution in [1.82, 2.24) is 4.98 Å². The number of halogens is 1. The Bertz CT molecular complexity index is 316. The second-order valence-electron chi connectivity index (χ2n) is 3.14. The Morgan fingerprint density at radius 1 is 1.73 bits per heavy atom. The number of carbonyl (C=O) groups is 1. The molecule has 0 aliphatic carbocycles. The first kappa shape index (κ1) is 14.3. The van der Waals surface area contributed by atoms with E-state index in [-0.39, 0.29) is 18.3 Å². The first-order chi connectivity index (χ1) is 6.63. The van der Waals surface area contributed by atoms with Crippen LogP contribution in [-0.4, -0.2) is 16.9 Å². The normalized spacial score (nSPS) is 11.7. The summed E-state index contributed by atoms with van der Waals surface area (Å²) < 4.78 is 0. The zero-order chi connectivity index (χ0) is 10.6. The lowest BCUT2D eigenvalue weighted by Gasteiger charge is -2.08. The van der Waals surface area contributed by atoms with Crippen LogP contribution >= 0.6 is 23.7 Å². The molecule has 86 valence electrons. The Labute approximate surface area is 99.7 Å². The molecule has 1 unspecified atom stereocenters. The summed E-state index contributed by atoms with van der Waals surface area (Å²) in [4.78, 5) is 15.6. The Balaban J connectivity index is 0.00000196. The van der Waals surface area contributed by atoms with Gasteiger partial charge in [-0.05, 0) is 13.3 Å². The molecule has 1 amide bonds. The number of nitrogens with one attached hydrogen (secondary N) is 1. The maximum absolute atomic E-state index is 11.4. The van der Waals surface area contributed by atoms with Gasteiger partial charge in [0.05, 0.1) is 11.0 Å². The van der Waals surface area contributed by atoms with Gasteiger partial charge in [0.25, 0.3) is 0 Å². The van der Waals surface area contributed by atoms with E-state index in [1.54, 1.807) is 0 Å². The predicted octanol–water partition coefficient (Wildman–Crippen LogP) is 1.94. The third-order valence-corrected chi connectivity index (χ3v) is 2.58. The summed E-state index contributed by atoms with van der Waals surface area (Å²) >= 11 is 1.50. The van der Waals surface area contributed by atoms with E-state index in [4.69, 9.17) is 5.73 Å². The van der Waals surface area contributed by atoms with Crippen molar-refractivity contribution in [2.24, 2.45) is 5.73 Å². The molecule has 0 bridgehead atoms. The van der Waals surface area contributed by atoms with Gasteiger partial charge in [-0.15, -0.1) is 23.7 Å². The summed E-state index contributed by atoms with van der Waals surface area (Å²) in [6.07, 6.45) is 1.61. The number of aryl methyl sites for hydroxylation is 1. The topological polar surface area (TPSA) is 68.0 Å². The number of nitrogens with two attached hydrogens (primary N) is 1. The highest BCUT2D eigenvalue weighted by atomic mass is 35.5. The van der Waals surface area contributed by atoms with Crippen molar-refractivity contribution >= 4 is 35.5 Å². The second kappa shape index (κ2) is 6.76. The maximum Gasteiger partial charge on any atom is 0.242 e. The van der Waals surface area contributed by atoms with Crippen molar-refractivity contribution in [2.45, 2.75) is 32.7 Å². The second-order valence-corrected chi connectivity index (χ2v) is 4.20. The fourth-order valence-corrected chi connectivity index (χ4v) is 1.63. The number of amides is 1. The van der Waals surface area contributed by atoms with E-state index in [1.165, 1.54) is 11.3 Å². The lowest BCUT2D eigenvalue weighted by atomic mass is 10.2. The average molecular weight is 250 g/mol. The van der Waals surface area contributed by atoms with Gasteiger partial charge in [-0.1, -0.05) is 13.3 Å². The monoisotopic (exact) mass is 249 g/mol. The van der Waals surface area contributed by atoms with Gasteiger partial charge >= 0.3 is 0 Å².